The highest BCUT2D eigenvalue weighted by Crippen LogP contribution is 2.52. The fraction of sp³-hybridized carbons (Fsp3) is 0.0462. The molecule has 0 heteroatoms. The summed E-state index contributed by atoms with van der Waals surface area (Å²) in [6.45, 7) is 4.76. The Morgan fingerprint density at radius 3 is 1.09 bits per heavy atom. The van der Waals surface area contributed by atoms with Crippen molar-refractivity contribution in [3.05, 3.63) is 242 Å². The molecule has 2 aliphatic carbocycles. The minimum atomic E-state index is -0.120. The normalized spacial score (nSPS) is 12.9. The molecular weight excluding hydrogens is 781 g/mol. The molecule has 0 heterocycles. The quantitative estimate of drug-likeness (QED) is 0.157. The van der Waals surface area contributed by atoms with Gasteiger partial charge in [-0.25, -0.2) is 0 Å². The van der Waals surface area contributed by atoms with E-state index in [0.717, 1.165) is 0 Å². The number of benzene rings is 11. The van der Waals surface area contributed by atoms with Gasteiger partial charge in [0.25, 0.3) is 0 Å². The van der Waals surface area contributed by atoms with Crippen LogP contribution in [-0.4, -0.2) is 0 Å². The molecule has 0 saturated carbocycles. The lowest BCUT2D eigenvalue weighted by Crippen LogP contribution is -2.15. The average Bonchev–Trinajstić information content (AvgIpc) is 3.82. The third-order valence-electron chi connectivity index (χ3n) is 14.5. The van der Waals surface area contributed by atoms with E-state index in [4.69, 9.17) is 0 Å². The predicted molar refractivity (Wildman–Crippen MR) is 276 cm³/mol. The fourth-order valence-corrected chi connectivity index (χ4v) is 11.0. The van der Waals surface area contributed by atoms with Crippen molar-refractivity contribution in [2.45, 2.75) is 19.3 Å². The van der Waals surface area contributed by atoms with Gasteiger partial charge in [0.1, 0.15) is 0 Å². The molecule has 0 unspecified atom stereocenters. The first-order chi connectivity index (χ1) is 32.0. The number of rotatable bonds is 6. The first-order valence-corrected chi connectivity index (χ1v) is 22.8. The molecule has 2 aliphatic rings. The molecule has 0 aromatic heterocycles. The van der Waals surface area contributed by atoms with E-state index in [1.807, 2.05) is 0 Å². The highest BCUT2D eigenvalue weighted by molar-refractivity contribution is 6.18. The van der Waals surface area contributed by atoms with Gasteiger partial charge in [-0.2, -0.15) is 0 Å². The van der Waals surface area contributed by atoms with Crippen LogP contribution in [-0.2, 0) is 5.41 Å². The van der Waals surface area contributed by atoms with Crippen molar-refractivity contribution in [3.8, 4) is 100 Å². The molecule has 0 amide bonds. The monoisotopic (exact) mass is 824 g/mol. The van der Waals surface area contributed by atoms with Crippen molar-refractivity contribution in [3.63, 3.8) is 0 Å². The standard InChI is InChI=1S/C65H44/c1-65(2)62-39-50(33-35-57(62)58-36-34-51(40-63(58)65)46-27-31-48(32-28-46)53-14-7-10-47-9-3-4-11-52(47)53)45-23-21-43(22-24-45)41-17-19-42(20-18-41)44-25-29-49(30-26-44)54-37-38-61-56-13-6-5-12-55(56)60-16-8-15-59(54)64(60)61/h3-40H,1-2H3. The molecule has 11 aromatic carbocycles. The summed E-state index contributed by atoms with van der Waals surface area (Å²) in [5.41, 5.74) is 25.6. The van der Waals surface area contributed by atoms with Crippen LogP contribution in [0, 0.1) is 0 Å². The second-order valence-corrected chi connectivity index (χ2v) is 18.4. The summed E-state index contributed by atoms with van der Waals surface area (Å²) >= 11 is 0. The molecule has 13 rings (SSSR count). The van der Waals surface area contributed by atoms with Gasteiger partial charge >= 0.3 is 0 Å². The van der Waals surface area contributed by atoms with Crippen LogP contribution in [0.25, 0.3) is 122 Å². The molecule has 0 N–H and O–H groups in total. The predicted octanol–water partition coefficient (Wildman–Crippen LogP) is 17.9. The molecular formula is C65H44. The second-order valence-electron chi connectivity index (χ2n) is 18.4. The molecule has 0 saturated heterocycles. The van der Waals surface area contributed by atoms with Crippen molar-refractivity contribution in [2.75, 3.05) is 0 Å². The van der Waals surface area contributed by atoms with Crippen molar-refractivity contribution in [2.24, 2.45) is 0 Å². The second kappa shape index (κ2) is 14.5. The lowest BCUT2D eigenvalue weighted by atomic mass is 9.80. The van der Waals surface area contributed by atoms with Crippen LogP contribution >= 0.6 is 0 Å². The zero-order valence-electron chi connectivity index (χ0n) is 36.4. The van der Waals surface area contributed by atoms with E-state index in [0.29, 0.717) is 0 Å². The molecule has 0 radical (unpaired) electrons. The van der Waals surface area contributed by atoms with E-state index in [-0.39, 0.29) is 5.41 Å². The van der Waals surface area contributed by atoms with Gasteiger partial charge in [-0.3, -0.25) is 0 Å². The van der Waals surface area contributed by atoms with E-state index in [2.05, 4.69) is 244 Å². The molecule has 11 aromatic rings. The van der Waals surface area contributed by atoms with Crippen molar-refractivity contribution in [1.82, 2.24) is 0 Å². The third-order valence-corrected chi connectivity index (χ3v) is 14.5. The highest BCUT2D eigenvalue weighted by Gasteiger charge is 2.36. The van der Waals surface area contributed by atoms with Crippen LogP contribution in [0.4, 0.5) is 0 Å². The van der Waals surface area contributed by atoms with E-state index < -0.39 is 0 Å². The molecule has 0 spiro atoms. The summed E-state index contributed by atoms with van der Waals surface area (Å²) in [6.07, 6.45) is 0. The van der Waals surface area contributed by atoms with Gasteiger partial charge in [-0.15, -0.1) is 0 Å². The lowest BCUT2D eigenvalue weighted by molar-refractivity contribution is 0.661. The molecule has 0 atom stereocenters. The topological polar surface area (TPSA) is 0 Å². The summed E-state index contributed by atoms with van der Waals surface area (Å²) in [5, 5.41) is 5.24. The maximum absolute atomic E-state index is 2.42. The summed E-state index contributed by atoms with van der Waals surface area (Å²) in [7, 11) is 0. The van der Waals surface area contributed by atoms with Crippen LogP contribution < -0.4 is 0 Å². The molecule has 0 bridgehead atoms. The van der Waals surface area contributed by atoms with Gasteiger partial charge in [0.05, 0.1) is 0 Å². The van der Waals surface area contributed by atoms with Crippen LogP contribution in [0.1, 0.15) is 25.0 Å². The Morgan fingerprint density at radius 1 is 0.231 bits per heavy atom. The molecule has 304 valence electrons. The first-order valence-electron chi connectivity index (χ1n) is 22.8. The Bertz CT molecular complexity index is 3640. The number of hydrogen-bond acceptors (Lipinski definition) is 0. The SMILES string of the molecule is CC1(C)c2cc(-c3ccc(-c4ccc(-c5ccc(-c6ccc7c8c(cccc68)-c6ccccc6-7)cc5)cc4)cc3)ccc2-c2ccc(-c3ccc(-c4cccc5ccccc45)cc3)cc21. The molecule has 0 fully saturated rings. The van der Waals surface area contributed by atoms with Gasteiger partial charge < -0.3 is 0 Å². The molecule has 0 nitrogen and oxygen atoms in total. The Labute approximate surface area is 380 Å². The van der Waals surface area contributed by atoms with E-state index in [1.54, 1.807) is 0 Å². The largest absolute Gasteiger partial charge is 0.0616 e. The smallest absolute Gasteiger partial charge is 0.0159 e. The van der Waals surface area contributed by atoms with Crippen LogP contribution in [0.5, 0.6) is 0 Å². The van der Waals surface area contributed by atoms with E-state index >= 15 is 0 Å². The van der Waals surface area contributed by atoms with Crippen molar-refractivity contribution < 1.29 is 0 Å². The summed E-state index contributed by atoms with van der Waals surface area (Å²) in [6, 6.07) is 85.7. The maximum Gasteiger partial charge on any atom is 0.0159 e. The fourth-order valence-electron chi connectivity index (χ4n) is 11.0. The van der Waals surface area contributed by atoms with Gasteiger partial charge in [-0.05, 0) is 145 Å². The molecule has 0 aliphatic heterocycles. The Kier molecular flexibility index (Phi) is 8.36. The maximum atomic E-state index is 2.42. The van der Waals surface area contributed by atoms with Crippen LogP contribution in [0.3, 0.4) is 0 Å². The Balaban J connectivity index is 0.722. The highest BCUT2D eigenvalue weighted by atomic mass is 14.4. The molecule has 65 heavy (non-hydrogen) atoms. The third kappa shape index (κ3) is 5.98. The van der Waals surface area contributed by atoms with Crippen molar-refractivity contribution in [1.29, 1.82) is 0 Å². The number of fused-ring (bicyclic) bond motifs is 7. The summed E-state index contributed by atoms with van der Waals surface area (Å²) in [4.78, 5) is 0. The van der Waals surface area contributed by atoms with Crippen LogP contribution in [0.2, 0.25) is 0 Å². The van der Waals surface area contributed by atoms with Gasteiger partial charge in [0.15, 0.2) is 0 Å². The van der Waals surface area contributed by atoms with Crippen molar-refractivity contribution >= 4 is 21.5 Å². The summed E-state index contributed by atoms with van der Waals surface area (Å²) in [5.74, 6) is 0. The minimum absolute atomic E-state index is 0.120. The minimum Gasteiger partial charge on any atom is -0.0616 e. The Hall–Kier alpha value is -8.06. The van der Waals surface area contributed by atoms with Crippen LogP contribution in [0.15, 0.2) is 231 Å². The average molecular weight is 825 g/mol. The zero-order valence-corrected chi connectivity index (χ0v) is 36.4. The first kappa shape index (κ1) is 37.5. The van der Waals surface area contributed by atoms with Gasteiger partial charge in [0.2, 0.25) is 0 Å². The summed E-state index contributed by atoms with van der Waals surface area (Å²) < 4.78 is 0. The van der Waals surface area contributed by atoms with E-state index in [1.165, 1.54) is 133 Å². The Morgan fingerprint density at radius 2 is 0.554 bits per heavy atom. The number of hydrogen-bond donors (Lipinski definition) is 0. The zero-order chi connectivity index (χ0) is 43.2. The lowest BCUT2D eigenvalue weighted by Gasteiger charge is -2.22. The van der Waals surface area contributed by atoms with E-state index in [9.17, 15) is 0 Å². The van der Waals surface area contributed by atoms with Gasteiger partial charge in [-0.1, -0.05) is 232 Å². The van der Waals surface area contributed by atoms with Gasteiger partial charge in [0, 0.05) is 5.41 Å².